The van der Waals surface area contributed by atoms with E-state index in [0.717, 1.165) is 25.1 Å². The average Bonchev–Trinajstić information content (AvgIpc) is 3.16. The van der Waals surface area contributed by atoms with Gasteiger partial charge >= 0.3 is 5.69 Å². The van der Waals surface area contributed by atoms with Crippen LogP contribution in [-0.4, -0.2) is 34.2 Å². The van der Waals surface area contributed by atoms with Crippen molar-refractivity contribution < 1.29 is 4.74 Å². The molecule has 3 atom stereocenters. The molecule has 0 amide bonds. The van der Waals surface area contributed by atoms with Gasteiger partial charge in [0.2, 0.25) is 0 Å². The standard InChI is InChI=1S/C22H24N4O3.2ClH/c1-29-19-4-2-3-15-14(19)6-5-13-11-24-18(20(13)15)8-10-26-21(27)16-12-23-9-7-17(16)25-22(26)28;;/h2-4,7,9,12-13,18,20,24H,5-6,8,10-11H2,1H3,(H,25,28);2*1H/t13-,18?,20+;;/m0../s1. The van der Waals surface area contributed by atoms with Crippen molar-refractivity contribution >= 4 is 35.7 Å². The van der Waals surface area contributed by atoms with Crippen molar-refractivity contribution in [1.82, 2.24) is 19.9 Å². The summed E-state index contributed by atoms with van der Waals surface area (Å²) in [6.07, 6.45) is 5.96. The Hall–Kier alpha value is -2.35. The highest BCUT2D eigenvalue weighted by molar-refractivity contribution is 5.85. The summed E-state index contributed by atoms with van der Waals surface area (Å²) in [5, 5.41) is 4.08. The maximum absolute atomic E-state index is 12.8. The molecule has 3 heterocycles. The van der Waals surface area contributed by atoms with Crippen molar-refractivity contribution in [3.8, 4) is 5.75 Å². The van der Waals surface area contributed by atoms with Crippen LogP contribution in [0.5, 0.6) is 5.75 Å². The molecule has 7 nitrogen and oxygen atoms in total. The Balaban J connectivity index is 0.00000136. The summed E-state index contributed by atoms with van der Waals surface area (Å²) in [5.74, 6) is 1.92. The van der Waals surface area contributed by atoms with Crippen molar-refractivity contribution in [2.24, 2.45) is 5.92 Å². The third-order valence-electron chi connectivity index (χ3n) is 6.54. The lowest BCUT2D eigenvalue weighted by molar-refractivity contribution is 0.371. The Bertz CT molecular complexity index is 1190. The first kappa shape index (κ1) is 23.3. The van der Waals surface area contributed by atoms with Gasteiger partial charge in [-0.1, -0.05) is 12.1 Å². The van der Waals surface area contributed by atoms with Crippen molar-refractivity contribution in [2.45, 2.75) is 37.8 Å². The van der Waals surface area contributed by atoms with Crippen LogP contribution in [0.1, 0.15) is 29.9 Å². The number of fused-ring (bicyclic) bond motifs is 4. The molecule has 0 bridgehead atoms. The fraction of sp³-hybridized carbons (Fsp3) is 0.409. The molecule has 1 fully saturated rings. The largest absolute Gasteiger partial charge is 0.496 e. The molecule has 9 heteroatoms. The third-order valence-corrected chi connectivity index (χ3v) is 6.54. The van der Waals surface area contributed by atoms with Crippen LogP contribution in [0.25, 0.3) is 10.9 Å². The van der Waals surface area contributed by atoms with Crippen molar-refractivity contribution in [2.75, 3.05) is 13.7 Å². The fourth-order valence-electron chi connectivity index (χ4n) is 5.17. The van der Waals surface area contributed by atoms with Crippen LogP contribution in [0.15, 0.2) is 46.2 Å². The number of benzene rings is 1. The zero-order chi connectivity index (χ0) is 20.0. The van der Waals surface area contributed by atoms with Gasteiger partial charge in [-0.2, -0.15) is 0 Å². The first-order chi connectivity index (χ1) is 14.2. The lowest BCUT2D eigenvalue weighted by Gasteiger charge is -2.32. The molecule has 1 unspecified atom stereocenters. The highest BCUT2D eigenvalue weighted by atomic mass is 35.5. The van der Waals surface area contributed by atoms with Crippen LogP contribution < -0.4 is 21.3 Å². The van der Waals surface area contributed by atoms with Gasteiger partial charge in [0.15, 0.2) is 0 Å². The van der Waals surface area contributed by atoms with Gasteiger partial charge in [-0.15, -0.1) is 24.8 Å². The van der Waals surface area contributed by atoms with E-state index in [1.54, 1.807) is 19.4 Å². The molecule has 2 aliphatic rings. The predicted octanol–water partition coefficient (Wildman–Crippen LogP) is 2.65. The number of methoxy groups -OCH3 is 1. The lowest BCUT2D eigenvalue weighted by atomic mass is 9.73. The van der Waals surface area contributed by atoms with Gasteiger partial charge in [-0.25, -0.2) is 4.79 Å². The van der Waals surface area contributed by atoms with Crippen molar-refractivity contribution in [3.63, 3.8) is 0 Å². The normalized spacial score (nSPS) is 21.5. The molecule has 0 saturated carbocycles. The Labute approximate surface area is 192 Å². The van der Waals surface area contributed by atoms with Gasteiger partial charge in [-0.05, 0) is 55.0 Å². The Morgan fingerprint density at radius 1 is 1.23 bits per heavy atom. The molecule has 1 aliphatic carbocycles. The van der Waals surface area contributed by atoms with Crippen LogP contribution in [0, 0.1) is 5.92 Å². The second kappa shape index (κ2) is 9.42. The fourth-order valence-corrected chi connectivity index (χ4v) is 5.17. The van der Waals surface area contributed by atoms with Crippen molar-refractivity contribution in [3.05, 3.63) is 68.6 Å². The van der Waals surface area contributed by atoms with Crippen LogP contribution in [-0.2, 0) is 13.0 Å². The minimum Gasteiger partial charge on any atom is -0.496 e. The number of hydrogen-bond donors (Lipinski definition) is 2. The van der Waals surface area contributed by atoms with E-state index in [-0.39, 0.29) is 42.1 Å². The number of ether oxygens (including phenoxy) is 1. The number of rotatable bonds is 4. The van der Waals surface area contributed by atoms with Gasteiger partial charge in [0.1, 0.15) is 5.75 Å². The van der Waals surface area contributed by atoms with E-state index in [9.17, 15) is 9.59 Å². The Morgan fingerprint density at radius 3 is 2.87 bits per heavy atom. The highest BCUT2D eigenvalue weighted by Gasteiger charge is 2.40. The number of H-pyrrole nitrogens is 1. The zero-order valence-corrected chi connectivity index (χ0v) is 18.8. The molecular formula is C22H26Cl2N4O3. The molecule has 2 N–H and O–H groups in total. The molecule has 5 rings (SSSR count). The van der Waals surface area contributed by atoms with Gasteiger partial charge in [0.05, 0.1) is 18.0 Å². The summed E-state index contributed by atoms with van der Waals surface area (Å²) in [4.78, 5) is 32.1. The highest BCUT2D eigenvalue weighted by Crippen LogP contribution is 2.45. The van der Waals surface area contributed by atoms with E-state index in [4.69, 9.17) is 4.74 Å². The number of pyridine rings is 1. The Morgan fingerprint density at radius 2 is 2.06 bits per heavy atom. The minimum absolute atomic E-state index is 0. The molecule has 3 aromatic rings. The molecule has 166 valence electrons. The minimum atomic E-state index is -0.367. The van der Waals surface area contributed by atoms with Crippen LogP contribution in [0.4, 0.5) is 0 Å². The predicted molar refractivity (Wildman–Crippen MR) is 125 cm³/mol. The first-order valence-corrected chi connectivity index (χ1v) is 10.1. The SMILES string of the molecule is COc1cccc2c1CC[C@H]1CNC(CCn3c(=O)[nH]c4ccncc4c3=O)[C@@H]21.Cl.Cl. The molecule has 31 heavy (non-hydrogen) atoms. The second-order valence-electron chi connectivity index (χ2n) is 7.96. The molecule has 1 aliphatic heterocycles. The summed E-state index contributed by atoms with van der Waals surface area (Å²) < 4.78 is 6.88. The zero-order valence-electron chi connectivity index (χ0n) is 17.2. The van der Waals surface area contributed by atoms with E-state index in [2.05, 4.69) is 27.4 Å². The van der Waals surface area contributed by atoms with Crippen LogP contribution in [0.2, 0.25) is 0 Å². The second-order valence-corrected chi connectivity index (χ2v) is 7.96. The number of aromatic nitrogens is 3. The Kier molecular flexibility index (Phi) is 7.09. The maximum atomic E-state index is 12.8. The molecule has 2 aromatic heterocycles. The lowest BCUT2D eigenvalue weighted by Crippen LogP contribution is -2.38. The summed E-state index contributed by atoms with van der Waals surface area (Å²) in [6.45, 7) is 1.35. The first-order valence-electron chi connectivity index (χ1n) is 10.1. The number of hydrogen-bond acceptors (Lipinski definition) is 5. The maximum Gasteiger partial charge on any atom is 0.328 e. The van der Waals surface area contributed by atoms with Gasteiger partial charge < -0.3 is 15.0 Å². The molecule has 1 aromatic carbocycles. The number of aromatic amines is 1. The van der Waals surface area contributed by atoms with Gasteiger partial charge in [0, 0.05) is 30.9 Å². The monoisotopic (exact) mass is 464 g/mol. The molecule has 1 saturated heterocycles. The van der Waals surface area contributed by atoms with Crippen LogP contribution in [0.3, 0.4) is 0 Å². The van der Waals surface area contributed by atoms with Crippen molar-refractivity contribution in [1.29, 1.82) is 0 Å². The number of nitrogens with zero attached hydrogens (tertiary/aromatic N) is 2. The van der Waals surface area contributed by atoms with Gasteiger partial charge in [-0.3, -0.25) is 14.3 Å². The van der Waals surface area contributed by atoms with Crippen LogP contribution >= 0.6 is 24.8 Å². The molecular weight excluding hydrogens is 439 g/mol. The van der Waals surface area contributed by atoms with E-state index >= 15 is 0 Å². The molecule has 0 radical (unpaired) electrons. The quantitative estimate of drug-likeness (QED) is 0.619. The number of halogens is 2. The summed E-state index contributed by atoms with van der Waals surface area (Å²) in [5.41, 5.74) is 2.53. The smallest absolute Gasteiger partial charge is 0.328 e. The van der Waals surface area contributed by atoms with E-state index < -0.39 is 0 Å². The summed E-state index contributed by atoms with van der Waals surface area (Å²) in [6, 6.07) is 8.16. The van der Waals surface area contributed by atoms with E-state index in [1.807, 2.05) is 6.07 Å². The third kappa shape index (κ3) is 3.97. The van der Waals surface area contributed by atoms with E-state index in [1.165, 1.54) is 21.9 Å². The topological polar surface area (TPSA) is 89.0 Å². The summed E-state index contributed by atoms with van der Waals surface area (Å²) >= 11 is 0. The summed E-state index contributed by atoms with van der Waals surface area (Å²) in [7, 11) is 1.72. The number of nitrogens with one attached hydrogen (secondary N) is 2. The molecule has 0 spiro atoms. The van der Waals surface area contributed by atoms with Gasteiger partial charge in [0.25, 0.3) is 5.56 Å². The average molecular weight is 465 g/mol. The van der Waals surface area contributed by atoms with E-state index in [0.29, 0.717) is 35.7 Å².